The summed E-state index contributed by atoms with van der Waals surface area (Å²) < 4.78 is 0. The standard InChI is InChI=1S/C14H17N3O3/c1-14(2,9-15)10-3-5-11(6-4-10)17-13(20)16-8-7-12(18)19/h3-6H,7-8H2,1-2H3,(H,18,19)(H2,16,17,20). The van der Waals surface area contributed by atoms with Gasteiger partial charge in [-0.25, -0.2) is 4.79 Å². The summed E-state index contributed by atoms with van der Waals surface area (Å²) in [6.45, 7) is 3.70. The number of carbonyl (C=O) groups excluding carboxylic acids is 1. The number of hydrogen-bond donors (Lipinski definition) is 3. The van der Waals surface area contributed by atoms with Crippen molar-refractivity contribution in [3.8, 4) is 6.07 Å². The van der Waals surface area contributed by atoms with Crippen LogP contribution in [-0.4, -0.2) is 23.7 Å². The van der Waals surface area contributed by atoms with Gasteiger partial charge in [-0.15, -0.1) is 0 Å². The molecule has 0 radical (unpaired) electrons. The number of urea groups is 1. The third kappa shape index (κ3) is 4.61. The Labute approximate surface area is 117 Å². The number of rotatable bonds is 5. The number of nitriles is 1. The number of carbonyl (C=O) groups is 2. The monoisotopic (exact) mass is 275 g/mol. The minimum absolute atomic E-state index is 0.0702. The van der Waals surface area contributed by atoms with Crippen LogP contribution in [0.15, 0.2) is 24.3 Å². The molecule has 1 aromatic rings. The Kier molecular flexibility index (Phi) is 5.09. The molecule has 0 fully saturated rings. The van der Waals surface area contributed by atoms with Crippen LogP contribution in [0.1, 0.15) is 25.8 Å². The summed E-state index contributed by atoms with van der Waals surface area (Å²) in [4.78, 5) is 21.8. The smallest absolute Gasteiger partial charge is 0.319 e. The summed E-state index contributed by atoms with van der Waals surface area (Å²) in [5, 5.41) is 22.5. The zero-order valence-electron chi connectivity index (χ0n) is 11.4. The molecular formula is C14H17N3O3. The lowest BCUT2D eigenvalue weighted by Crippen LogP contribution is -2.30. The molecule has 0 aliphatic carbocycles. The fourth-order valence-corrected chi connectivity index (χ4v) is 1.49. The molecule has 0 aliphatic heterocycles. The lowest BCUT2D eigenvalue weighted by Gasteiger charge is -2.16. The maximum atomic E-state index is 11.5. The summed E-state index contributed by atoms with van der Waals surface area (Å²) in [5.41, 5.74) is 0.856. The highest BCUT2D eigenvalue weighted by molar-refractivity contribution is 5.89. The zero-order chi connectivity index (χ0) is 15.2. The summed E-state index contributed by atoms with van der Waals surface area (Å²) in [6.07, 6.45) is -0.122. The quantitative estimate of drug-likeness (QED) is 0.765. The molecule has 0 aromatic heterocycles. The number of nitrogens with zero attached hydrogens (tertiary/aromatic N) is 1. The number of nitrogens with one attached hydrogen (secondary N) is 2. The molecule has 2 amide bonds. The number of hydrogen-bond acceptors (Lipinski definition) is 3. The SMILES string of the molecule is CC(C)(C#N)c1ccc(NC(=O)NCCC(=O)O)cc1. The predicted molar refractivity (Wildman–Crippen MR) is 74.4 cm³/mol. The van der Waals surface area contributed by atoms with E-state index in [0.29, 0.717) is 5.69 Å². The Bertz CT molecular complexity index is 530. The first-order chi connectivity index (χ1) is 9.35. The molecule has 6 nitrogen and oxygen atoms in total. The van der Waals surface area contributed by atoms with Gasteiger partial charge in [0.2, 0.25) is 0 Å². The highest BCUT2D eigenvalue weighted by atomic mass is 16.4. The lowest BCUT2D eigenvalue weighted by atomic mass is 9.86. The molecule has 1 aromatic carbocycles. The van der Waals surface area contributed by atoms with E-state index in [1.165, 1.54) is 0 Å². The van der Waals surface area contributed by atoms with Gasteiger partial charge in [-0.05, 0) is 31.5 Å². The predicted octanol–water partition coefficient (Wildman–Crippen LogP) is 2.08. The minimum atomic E-state index is -0.964. The first-order valence-electron chi connectivity index (χ1n) is 6.13. The van der Waals surface area contributed by atoms with Crippen molar-refractivity contribution in [3.05, 3.63) is 29.8 Å². The van der Waals surface area contributed by atoms with Crippen LogP contribution < -0.4 is 10.6 Å². The molecule has 0 atom stereocenters. The molecule has 6 heteroatoms. The summed E-state index contributed by atoms with van der Waals surface area (Å²) >= 11 is 0. The van der Waals surface area contributed by atoms with Crippen LogP contribution in [0.5, 0.6) is 0 Å². The summed E-state index contributed by atoms with van der Waals surface area (Å²) in [7, 11) is 0. The molecule has 0 aliphatic rings. The minimum Gasteiger partial charge on any atom is -0.481 e. The van der Waals surface area contributed by atoms with Crippen molar-refractivity contribution in [2.45, 2.75) is 25.7 Å². The van der Waals surface area contributed by atoms with Crippen molar-refractivity contribution in [2.75, 3.05) is 11.9 Å². The topological polar surface area (TPSA) is 102 Å². The number of aliphatic carboxylic acids is 1. The van der Waals surface area contributed by atoms with Crippen LogP contribution in [0.3, 0.4) is 0 Å². The third-order valence-corrected chi connectivity index (χ3v) is 2.77. The van der Waals surface area contributed by atoms with Gasteiger partial charge in [0.1, 0.15) is 0 Å². The van der Waals surface area contributed by atoms with Crippen LogP contribution in [-0.2, 0) is 10.2 Å². The van der Waals surface area contributed by atoms with Gasteiger partial charge in [-0.2, -0.15) is 5.26 Å². The Balaban J connectivity index is 2.56. The molecule has 0 unspecified atom stereocenters. The van der Waals surface area contributed by atoms with E-state index in [1.54, 1.807) is 24.3 Å². The molecule has 3 N–H and O–H groups in total. The van der Waals surface area contributed by atoms with E-state index in [-0.39, 0.29) is 13.0 Å². The first-order valence-corrected chi connectivity index (χ1v) is 6.13. The molecule has 1 rings (SSSR count). The molecule has 106 valence electrons. The third-order valence-electron chi connectivity index (χ3n) is 2.77. The van der Waals surface area contributed by atoms with Gasteiger partial charge in [0.05, 0.1) is 17.9 Å². The molecule has 0 spiro atoms. The van der Waals surface area contributed by atoms with Crippen LogP contribution in [0.4, 0.5) is 10.5 Å². The van der Waals surface area contributed by atoms with Crippen LogP contribution in [0, 0.1) is 11.3 Å². The number of carboxylic acid groups (broad SMARTS) is 1. The van der Waals surface area contributed by atoms with E-state index in [4.69, 9.17) is 10.4 Å². The summed E-state index contributed by atoms with van der Waals surface area (Å²) in [5.74, 6) is -0.964. The maximum Gasteiger partial charge on any atom is 0.319 e. The largest absolute Gasteiger partial charge is 0.481 e. The van der Waals surface area contributed by atoms with E-state index in [2.05, 4.69) is 16.7 Å². The lowest BCUT2D eigenvalue weighted by molar-refractivity contribution is -0.136. The van der Waals surface area contributed by atoms with Crippen LogP contribution in [0.25, 0.3) is 0 Å². The molecule has 0 saturated carbocycles. The second-order valence-electron chi connectivity index (χ2n) is 4.84. The highest BCUT2D eigenvalue weighted by Gasteiger charge is 2.19. The van der Waals surface area contributed by atoms with E-state index in [1.807, 2.05) is 13.8 Å². The second kappa shape index (κ2) is 6.57. The van der Waals surface area contributed by atoms with Gasteiger partial charge in [0.25, 0.3) is 0 Å². The van der Waals surface area contributed by atoms with Gasteiger partial charge in [-0.3, -0.25) is 4.79 Å². The van der Waals surface area contributed by atoms with Crippen molar-refractivity contribution in [1.82, 2.24) is 5.32 Å². The van der Waals surface area contributed by atoms with Gasteiger partial charge in [0, 0.05) is 12.2 Å². The van der Waals surface area contributed by atoms with Crippen molar-refractivity contribution < 1.29 is 14.7 Å². The average molecular weight is 275 g/mol. The van der Waals surface area contributed by atoms with Crippen molar-refractivity contribution in [2.24, 2.45) is 0 Å². The molecule has 0 saturated heterocycles. The van der Waals surface area contributed by atoms with Gasteiger partial charge in [-0.1, -0.05) is 12.1 Å². The van der Waals surface area contributed by atoms with Crippen molar-refractivity contribution in [3.63, 3.8) is 0 Å². The Morgan fingerprint density at radius 3 is 2.40 bits per heavy atom. The molecule has 0 heterocycles. The average Bonchev–Trinajstić information content (AvgIpc) is 2.39. The number of amides is 2. The van der Waals surface area contributed by atoms with E-state index >= 15 is 0 Å². The molecule has 20 heavy (non-hydrogen) atoms. The van der Waals surface area contributed by atoms with Crippen LogP contribution in [0.2, 0.25) is 0 Å². The zero-order valence-corrected chi connectivity index (χ0v) is 11.4. The summed E-state index contributed by atoms with van der Waals surface area (Å²) in [6, 6.07) is 8.69. The van der Waals surface area contributed by atoms with Crippen molar-refractivity contribution in [1.29, 1.82) is 5.26 Å². The van der Waals surface area contributed by atoms with Gasteiger partial charge < -0.3 is 15.7 Å². The van der Waals surface area contributed by atoms with Crippen LogP contribution >= 0.6 is 0 Å². The molecular weight excluding hydrogens is 258 g/mol. The number of carboxylic acids is 1. The normalized spacial score (nSPS) is 10.4. The fourth-order valence-electron chi connectivity index (χ4n) is 1.49. The second-order valence-corrected chi connectivity index (χ2v) is 4.84. The van der Waals surface area contributed by atoms with E-state index < -0.39 is 17.4 Å². The maximum absolute atomic E-state index is 11.5. The Morgan fingerprint density at radius 1 is 1.30 bits per heavy atom. The molecule has 0 bridgehead atoms. The van der Waals surface area contributed by atoms with E-state index in [0.717, 1.165) is 5.56 Å². The highest BCUT2D eigenvalue weighted by Crippen LogP contribution is 2.23. The van der Waals surface area contributed by atoms with Gasteiger partial charge >= 0.3 is 12.0 Å². The number of benzene rings is 1. The van der Waals surface area contributed by atoms with Gasteiger partial charge in [0.15, 0.2) is 0 Å². The Hall–Kier alpha value is -2.55. The van der Waals surface area contributed by atoms with Crippen molar-refractivity contribution >= 4 is 17.7 Å². The number of anilines is 1. The first kappa shape index (κ1) is 15.5. The van der Waals surface area contributed by atoms with E-state index in [9.17, 15) is 9.59 Å². The Morgan fingerprint density at radius 2 is 1.90 bits per heavy atom. The fraction of sp³-hybridized carbons (Fsp3) is 0.357.